The van der Waals surface area contributed by atoms with Crippen molar-refractivity contribution in [3.63, 3.8) is 0 Å². The van der Waals surface area contributed by atoms with Gasteiger partial charge in [-0.05, 0) is 43.6 Å². The van der Waals surface area contributed by atoms with Crippen molar-refractivity contribution in [3.05, 3.63) is 40.3 Å². The Labute approximate surface area is 113 Å². The van der Waals surface area contributed by atoms with Gasteiger partial charge in [-0.1, -0.05) is 11.6 Å². The monoisotopic (exact) mass is 284 g/mol. The number of rotatable bonds is 3. The zero-order chi connectivity index (χ0) is 13.3. The maximum atomic E-state index is 13.6. The molecule has 0 amide bonds. The van der Waals surface area contributed by atoms with Crippen LogP contribution in [0.15, 0.2) is 18.2 Å². The maximum absolute atomic E-state index is 13.6. The Morgan fingerprint density at radius 1 is 1.50 bits per heavy atom. The number of aryl methyl sites for hydroxylation is 1. The number of carbonyl (C=O) groups excluding carboxylic acids is 1. The largest absolute Gasteiger partial charge is 0.343 e. The lowest BCUT2D eigenvalue weighted by atomic mass is 10.2. The summed E-state index contributed by atoms with van der Waals surface area (Å²) in [6.07, 6.45) is 0. The van der Waals surface area contributed by atoms with Crippen LogP contribution in [0.2, 0.25) is 5.02 Å². The molecule has 1 N–H and O–H groups in total. The van der Waals surface area contributed by atoms with E-state index in [0.29, 0.717) is 21.3 Å². The molecule has 1 aromatic carbocycles. The fourth-order valence-electron chi connectivity index (χ4n) is 1.58. The van der Waals surface area contributed by atoms with Crippen LogP contribution >= 0.6 is 23.1 Å². The second-order valence-corrected chi connectivity index (χ2v) is 4.99. The minimum absolute atomic E-state index is 0.0990. The minimum Gasteiger partial charge on any atom is -0.343 e. The summed E-state index contributed by atoms with van der Waals surface area (Å²) in [5, 5.41) is 3.74. The van der Waals surface area contributed by atoms with E-state index >= 15 is 0 Å². The first-order chi connectivity index (χ1) is 8.49. The van der Waals surface area contributed by atoms with Crippen molar-refractivity contribution in [1.29, 1.82) is 0 Å². The van der Waals surface area contributed by atoms with Gasteiger partial charge in [0.05, 0.1) is 16.9 Å². The molecular formula is C12H10ClFN2OS. The number of hydrogen-bond acceptors (Lipinski definition) is 4. The Kier molecular flexibility index (Phi) is 3.63. The highest BCUT2D eigenvalue weighted by Gasteiger charge is 2.16. The van der Waals surface area contributed by atoms with E-state index in [4.69, 9.17) is 11.6 Å². The quantitative estimate of drug-likeness (QED) is 0.859. The fourth-order valence-corrected chi connectivity index (χ4v) is 2.60. The van der Waals surface area contributed by atoms with Gasteiger partial charge >= 0.3 is 0 Å². The predicted molar refractivity (Wildman–Crippen MR) is 71.5 cm³/mol. The van der Waals surface area contributed by atoms with E-state index in [-0.39, 0.29) is 11.5 Å². The molecular weight excluding hydrogens is 275 g/mol. The molecule has 0 aliphatic rings. The standard InChI is InChI=1S/C12H10ClFN2OS/c1-6-11(7(2)17)12(18-16-6)15-10-4-3-8(13)5-9(10)14/h3-5,15H,1-2H3. The van der Waals surface area contributed by atoms with Crippen LogP contribution in [-0.2, 0) is 0 Å². The van der Waals surface area contributed by atoms with E-state index in [0.717, 1.165) is 11.5 Å². The van der Waals surface area contributed by atoms with Gasteiger partial charge < -0.3 is 5.32 Å². The lowest BCUT2D eigenvalue weighted by Crippen LogP contribution is -1.99. The fraction of sp³-hybridized carbons (Fsp3) is 0.167. The summed E-state index contributed by atoms with van der Waals surface area (Å²) < 4.78 is 17.7. The summed E-state index contributed by atoms with van der Waals surface area (Å²) in [4.78, 5) is 11.5. The summed E-state index contributed by atoms with van der Waals surface area (Å²) in [6.45, 7) is 3.21. The van der Waals surface area contributed by atoms with E-state index < -0.39 is 5.82 Å². The van der Waals surface area contributed by atoms with E-state index in [2.05, 4.69) is 9.69 Å². The van der Waals surface area contributed by atoms with Crippen LogP contribution in [0.25, 0.3) is 0 Å². The lowest BCUT2D eigenvalue weighted by molar-refractivity contribution is 0.101. The number of Topliss-reactive ketones (excluding diaryl/α,β-unsaturated/α-hetero) is 1. The van der Waals surface area contributed by atoms with Crippen molar-refractivity contribution < 1.29 is 9.18 Å². The first kappa shape index (κ1) is 13.0. The van der Waals surface area contributed by atoms with Crippen LogP contribution in [0.4, 0.5) is 15.1 Å². The van der Waals surface area contributed by atoms with Gasteiger partial charge in [0.1, 0.15) is 10.8 Å². The topological polar surface area (TPSA) is 42.0 Å². The molecule has 0 bridgehead atoms. The molecule has 0 radical (unpaired) electrons. The molecule has 18 heavy (non-hydrogen) atoms. The van der Waals surface area contributed by atoms with Crippen molar-refractivity contribution >= 4 is 39.6 Å². The summed E-state index contributed by atoms with van der Waals surface area (Å²) in [5.74, 6) is -0.568. The van der Waals surface area contributed by atoms with E-state index in [1.54, 1.807) is 13.0 Å². The predicted octanol–water partition coefficient (Wildman–Crippen LogP) is 4.19. The van der Waals surface area contributed by atoms with Crippen LogP contribution in [-0.4, -0.2) is 10.2 Å². The summed E-state index contributed by atoms with van der Waals surface area (Å²) in [7, 11) is 0. The average Bonchev–Trinajstić information content (AvgIpc) is 2.64. The first-order valence-corrected chi connectivity index (χ1v) is 6.33. The smallest absolute Gasteiger partial charge is 0.164 e. The van der Waals surface area contributed by atoms with Gasteiger partial charge in [0, 0.05) is 5.02 Å². The SMILES string of the molecule is CC(=O)c1c(C)nsc1Nc1ccc(Cl)cc1F. The number of anilines is 2. The molecule has 0 unspecified atom stereocenters. The second kappa shape index (κ2) is 5.04. The maximum Gasteiger partial charge on any atom is 0.164 e. The summed E-state index contributed by atoms with van der Waals surface area (Å²) in [5.41, 5.74) is 1.41. The molecule has 2 rings (SSSR count). The van der Waals surface area contributed by atoms with Crippen LogP contribution in [0.5, 0.6) is 0 Å². The molecule has 0 atom stereocenters. The lowest BCUT2D eigenvalue weighted by Gasteiger charge is -2.06. The third kappa shape index (κ3) is 2.52. The number of nitrogens with zero attached hydrogens (tertiary/aromatic N) is 1. The number of nitrogens with one attached hydrogen (secondary N) is 1. The first-order valence-electron chi connectivity index (χ1n) is 5.18. The van der Waals surface area contributed by atoms with Crippen LogP contribution in [0.3, 0.4) is 0 Å². The van der Waals surface area contributed by atoms with E-state index in [1.165, 1.54) is 19.1 Å². The Balaban J connectivity index is 2.37. The van der Waals surface area contributed by atoms with Crippen LogP contribution in [0, 0.1) is 12.7 Å². The zero-order valence-electron chi connectivity index (χ0n) is 9.75. The van der Waals surface area contributed by atoms with Crippen molar-refractivity contribution in [3.8, 4) is 0 Å². The summed E-state index contributed by atoms with van der Waals surface area (Å²) >= 11 is 6.80. The number of hydrogen-bond donors (Lipinski definition) is 1. The molecule has 0 saturated carbocycles. The van der Waals surface area contributed by atoms with Gasteiger partial charge in [-0.3, -0.25) is 4.79 Å². The van der Waals surface area contributed by atoms with Gasteiger partial charge in [0.25, 0.3) is 0 Å². The Morgan fingerprint density at radius 3 is 2.83 bits per heavy atom. The molecule has 6 heteroatoms. The Bertz CT molecular complexity index is 612. The molecule has 0 fully saturated rings. The van der Waals surface area contributed by atoms with Crippen molar-refractivity contribution in [2.75, 3.05) is 5.32 Å². The van der Waals surface area contributed by atoms with Gasteiger partial charge in [-0.2, -0.15) is 4.37 Å². The van der Waals surface area contributed by atoms with Crippen molar-refractivity contribution in [2.24, 2.45) is 0 Å². The molecule has 0 aliphatic heterocycles. The Morgan fingerprint density at radius 2 is 2.22 bits per heavy atom. The zero-order valence-corrected chi connectivity index (χ0v) is 11.3. The second-order valence-electron chi connectivity index (χ2n) is 3.78. The molecule has 3 nitrogen and oxygen atoms in total. The van der Waals surface area contributed by atoms with Gasteiger partial charge in [-0.15, -0.1) is 0 Å². The third-order valence-electron chi connectivity index (χ3n) is 2.39. The average molecular weight is 285 g/mol. The molecule has 94 valence electrons. The minimum atomic E-state index is -0.469. The van der Waals surface area contributed by atoms with Gasteiger partial charge in [0.2, 0.25) is 0 Å². The highest BCUT2D eigenvalue weighted by molar-refractivity contribution is 7.10. The number of carbonyl (C=O) groups is 1. The van der Waals surface area contributed by atoms with Gasteiger partial charge in [0.15, 0.2) is 5.78 Å². The number of halogens is 2. The highest BCUT2D eigenvalue weighted by atomic mass is 35.5. The van der Waals surface area contributed by atoms with E-state index in [1.807, 2.05) is 0 Å². The highest BCUT2D eigenvalue weighted by Crippen LogP contribution is 2.30. The summed E-state index contributed by atoms with van der Waals surface area (Å²) in [6, 6.07) is 4.32. The Hall–Kier alpha value is -1.46. The molecule has 0 aliphatic carbocycles. The van der Waals surface area contributed by atoms with Crippen LogP contribution in [0.1, 0.15) is 23.0 Å². The van der Waals surface area contributed by atoms with Crippen LogP contribution < -0.4 is 5.32 Å². The third-order valence-corrected chi connectivity index (χ3v) is 3.48. The van der Waals surface area contributed by atoms with Crippen molar-refractivity contribution in [2.45, 2.75) is 13.8 Å². The molecule has 2 aromatic rings. The van der Waals surface area contributed by atoms with E-state index in [9.17, 15) is 9.18 Å². The molecule has 0 spiro atoms. The molecule has 0 saturated heterocycles. The normalized spacial score (nSPS) is 10.4. The number of ketones is 1. The number of aromatic nitrogens is 1. The molecule has 1 aromatic heterocycles. The number of benzene rings is 1. The van der Waals surface area contributed by atoms with Gasteiger partial charge in [-0.25, -0.2) is 4.39 Å². The molecule has 1 heterocycles. The van der Waals surface area contributed by atoms with Crippen molar-refractivity contribution in [1.82, 2.24) is 4.37 Å².